The molecule has 0 aliphatic rings. The van der Waals surface area contributed by atoms with Crippen molar-refractivity contribution in [3.8, 4) is 0 Å². The van der Waals surface area contributed by atoms with Gasteiger partial charge < -0.3 is 9.05 Å². The van der Waals surface area contributed by atoms with E-state index in [1.807, 2.05) is 31.8 Å². The van der Waals surface area contributed by atoms with E-state index < -0.39 is 6.64 Å². The van der Waals surface area contributed by atoms with Crippen molar-refractivity contribution < 1.29 is 9.05 Å². The Kier molecular flexibility index (Phi) is 8.07. The second-order valence-corrected chi connectivity index (χ2v) is 7.25. The zero-order valence-electron chi connectivity index (χ0n) is 8.90. The minimum atomic E-state index is -2.39. The molecule has 0 aromatic carbocycles. The lowest BCUT2D eigenvalue weighted by atomic mass is 10.4. The summed E-state index contributed by atoms with van der Waals surface area (Å²) in [6, 6.07) is 0.196. The molecule has 0 unspecified atom stereocenters. The molecule has 0 atom stereocenters. The summed E-state index contributed by atoms with van der Waals surface area (Å²) < 4.78 is 12.8. The van der Waals surface area contributed by atoms with E-state index in [1.165, 1.54) is 0 Å². The molecule has 0 spiro atoms. The van der Waals surface area contributed by atoms with E-state index in [0.717, 1.165) is 11.2 Å². The second-order valence-electron chi connectivity index (χ2n) is 2.77. The van der Waals surface area contributed by atoms with E-state index in [4.69, 9.17) is 31.5 Å². The van der Waals surface area contributed by atoms with E-state index in [1.54, 1.807) is 0 Å². The topological polar surface area (TPSA) is 21.7 Å². The maximum absolute atomic E-state index is 5.76. The summed E-state index contributed by atoms with van der Waals surface area (Å²) in [4.78, 5) is 0. The van der Waals surface area contributed by atoms with Crippen molar-refractivity contribution >= 4 is 40.3 Å². The molecule has 0 N–H and O–H groups in total. The average molecular weight is 278 g/mol. The second kappa shape index (κ2) is 7.44. The maximum Gasteiger partial charge on any atom is 0.274 e. The van der Waals surface area contributed by atoms with Gasteiger partial charge in [-0.25, -0.2) is 0 Å². The average Bonchev–Trinajstić information content (AvgIpc) is 2.04. The van der Waals surface area contributed by atoms with Gasteiger partial charge in [0.15, 0.2) is 0 Å². The molecule has 14 heavy (non-hydrogen) atoms. The molecule has 0 heterocycles. The zero-order valence-corrected chi connectivity index (χ0v) is 12.2. The van der Waals surface area contributed by atoms with Gasteiger partial charge in [0.25, 0.3) is 6.64 Å². The third kappa shape index (κ3) is 4.35. The maximum atomic E-state index is 5.76. The van der Waals surface area contributed by atoms with Crippen LogP contribution >= 0.6 is 28.5 Å². The minimum Gasteiger partial charge on any atom is -0.318 e. The Morgan fingerprint density at radius 1 is 1.36 bits per heavy atom. The highest BCUT2D eigenvalue weighted by Gasteiger charge is 2.30. The lowest BCUT2D eigenvalue weighted by molar-refractivity contribution is 0.236. The van der Waals surface area contributed by atoms with Gasteiger partial charge in [0.05, 0.1) is 13.2 Å². The van der Waals surface area contributed by atoms with Crippen molar-refractivity contribution in [2.45, 2.75) is 33.7 Å². The zero-order chi connectivity index (χ0) is 11.2. The molecule has 3 nitrogen and oxygen atoms in total. The molecular weight excluding hydrogens is 261 g/mol. The predicted octanol–water partition coefficient (Wildman–Crippen LogP) is 3.80. The molecule has 0 saturated heterocycles. The number of rotatable bonds is 7. The van der Waals surface area contributed by atoms with Crippen LogP contribution in [0.4, 0.5) is 0 Å². The number of nitrogens with zero attached hydrogens (tertiary/aromatic N) is 1. The summed E-state index contributed by atoms with van der Waals surface area (Å²) in [5.74, 6) is 0. The number of halogens is 1. The van der Waals surface area contributed by atoms with Gasteiger partial charge in [-0.3, -0.25) is 0 Å². The molecule has 0 aromatic rings. The van der Waals surface area contributed by atoms with Crippen LogP contribution in [-0.2, 0) is 20.9 Å². The van der Waals surface area contributed by atoms with Crippen LogP contribution in [0.3, 0.4) is 0 Å². The predicted molar refractivity (Wildman–Crippen MR) is 68.0 cm³/mol. The van der Waals surface area contributed by atoms with E-state index >= 15 is 0 Å². The largest absolute Gasteiger partial charge is 0.318 e. The molecule has 0 aliphatic carbocycles. The Bertz CT molecular complexity index is 196. The van der Waals surface area contributed by atoms with Gasteiger partial charge in [0.2, 0.25) is 0 Å². The summed E-state index contributed by atoms with van der Waals surface area (Å²) in [5, 5.41) is 0. The van der Waals surface area contributed by atoms with Gasteiger partial charge in [0, 0.05) is 17.2 Å². The summed E-state index contributed by atoms with van der Waals surface area (Å²) in [6.45, 7) is 6.51. The lowest BCUT2D eigenvalue weighted by Crippen LogP contribution is -2.22. The smallest absolute Gasteiger partial charge is 0.274 e. The Labute approximate surface area is 100 Å². The van der Waals surface area contributed by atoms with Crippen LogP contribution in [0.25, 0.3) is 0 Å². The van der Waals surface area contributed by atoms with Gasteiger partial charge in [-0.15, -0.1) is 0 Å². The highest BCUT2D eigenvalue weighted by Crippen LogP contribution is 2.57. The van der Waals surface area contributed by atoms with E-state index in [9.17, 15) is 0 Å². The fourth-order valence-electron chi connectivity index (χ4n) is 0.878. The molecule has 0 saturated carbocycles. The third-order valence-corrected chi connectivity index (χ3v) is 7.11. The van der Waals surface area contributed by atoms with E-state index in [0.29, 0.717) is 13.2 Å². The van der Waals surface area contributed by atoms with Crippen LogP contribution in [-0.4, -0.2) is 23.3 Å². The SMILES string of the molecule is CCOP(=S)(OCC)N(SCl)C(C)C. The first-order chi connectivity index (χ1) is 6.51. The first kappa shape index (κ1) is 15.2. The van der Waals surface area contributed by atoms with Crippen molar-refractivity contribution in [1.29, 1.82) is 0 Å². The van der Waals surface area contributed by atoms with Crippen LogP contribution in [0.15, 0.2) is 0 Å². The standard InChI is InChI=1S/C7H17ClNO2PS2/c1-5-10-12(13,11-6-2)9(14-8)7(3)4/h7H,5-6H2,1-4H3. The van der Waals surface area contributed by atoms with Crippen molar-refractivity contribution in [2.24, 2.45) is 0 Å². The highest BCUT2D eigenvalue weighted by atomic mass is 35.7. The van der Waals surface area contributed by atoms with E-state index in [2.05, 4.69) is 0 Å². The molecule has 0 radical (unpaired) electrons. The lowest BCUT2D eigenvalue weighted by Gasteiger charge is -2.32. The first-order valence-corrected chi connectivity index (χ1v) is 8.68. The fraction of sp³-hybridized carbons (Fsp3) is 1.00. The Hall–Kier alpha value is 1.17. The summed E-state index contributed by atoms with van der Waals surface area (Å²) >= 11 is 6.45. The molecule has 0 aliphatic heterocycles. The molecular formula is C7H17ClNO2PS2. The quantitative estimate of drug-likeness (QED) is 0.520. The van der Waals surface area contributed by atoms with Crippen LogP contribution in [0.2, 0.25) is 0 Å². The van der Waals surface area contributed by atoms with Gasteiger partial charge in [-0.05, 0) is 50.2 Å². The van der Waals surface area contributed by atoms with Crippen LogP contribution < -0.4 is 0 Å². The highest BCUT2D eigenvalue weighted by molar-refractivity contribution is 8.25. The molecule has 0 bridgehead atoms. The van der Waals surface area contributed by atoms with Gasteiger partial charge in [-0.2, -0.15) is 4.08 Å². The molecule has 0 rings (SSSR count). The molecule has 0 amide bonds. The van der Waals surface area contributed by atoms with Crippen LogP contribution in [0.1, 0.15) is 27.7 Å². The van der Waals surface area contributed by atoms with Gasteiger partial charge in [0.1, 0.15) is 0 Å². The fourth-order valence-corrected chi connectivity index (χ4v) is 6.18. The molecule has 0 fully saturated rings. The molecule has 86 valence electrons. The minimum absolute atomic E-state index is 0.196. The summed E-state index contributed by atoms with van der Waals surface area (Å²) in [5.41, 5.74) is 0. The van der Waals surface area contributed by atoms with Crippen molar-refractivity contribution in [1.82, 2.24) is 4.08 Å². The summed E-state index contributed by atoms with van der Waals surface area (Å²) in [7, 11) is 5.76. The van der Waals surface area contributed by atoms with Gasteiger partial charge in [-0.1, -0.05) is 0 Å². The van der Waals surface area contributed by atoms with Crippen LogP contribution in [0.5, 0.6) is 0 Å². The Morgan fingerprint density at radius 2 is 1.79 bits per heavy atom. The normalized spacial score (nSPS) is 12.8. The first-order valence-electron chi connectivity index (χ1n) is 4.49. The molecule has 7 heteroatoms. The van der Waals surface area contributed by atoms with Crippen LogP contribution in [0, 0.1) is 0 Å². The molecule has 0 aromatic heterocycles. The third-order valence-electron chi connectivity index (χ3n) is 1.34. The van der Waals surface area contributed by atoms with E-state index in [-0.39, 0.29) is 6.04 Å². The van der Waals surface area contributed by atoms with Crippen molar-refractivity contribution in [3.63, 3.8) is 0 Å². The van der Waals surface area contributed by atoms with Gasteiger partial charge >= 0.3 is 0 Å². The number of hydrogen-bond acceptors (Lipinski definition) is 4. The van der Waals surface area contributed by atoms with Crippen molar-refractivity contribution in [3.05, 3.63) is 0 Å². The number of hydrogen-bond donors (Lipinski definition) is 0. The Morgan fingerprint density at radius 3 is 2.00 bits per heavy atom. The monoisotopic (exact) mass is 277 g/mol. The van der Waals surface area contributed by atoms with Crippen molar-refractivity contribution in [2.75, 3.05) is 13.2 Å². The summed E-state index contributed by atoms with van der Waals surface area (Å²) in [6.07, 6.45) is 0. The Balaban J connectivity index is 4.67.